The predicted molar refractivity (Wildman–Crippen MR) is 119 cm³/mol. The standard InChI is InChI=1S/C23H16O8S2/c24-19-7-1-15(2-8-19)18-13-22(16-3-9-20(10-4-16)32(25,26)27)31-23(14-18)17-5-11-21(12-6-17)33(28,29)30/h1-14H,(H2-,24,25,26,27,28,29,30). The van der Waals surface area contributed by atoms with E-state index in [4.69, 9.17) is 4.42 Å². The Kier molecular flexibility index (Phi) is 5.76. The Balaban J connectivity index is 1.86. The highest BCUT2D eigenvalue weighted by Gasteiger charge is 2.22. The summed E-state index contributed by atoms with van der Waals surface area (Å²) in [5.74, 6) is 0.803. The van der Waals surface area contributed by atoms with Crippen LogP contribution in [0.3, 0.4) is 0 Å². The van der Waals surface area contributed by atoms with E-state index in [0.29, 0.717) is 28.2 Å². The van der Waals surface area contributed by atoms with Crippen molar-refractivity contribution in [2.24, 2.45) is 0 Å². The summed E-state index contributed by atoms with van der Waals surface area (Å²) >= 11 is 0. The van der Waals surface area contributed by atoms with E-state index in [1.807, 2.05) is 0 Å². The van der Waals surface area contributed by atoms with Crippen LogP contribution in [-0.4, -0.2) is 31.0 Å². The minimum absolute atomic E-state index is 0.0926. The van der Waals surface area contributed by atoms with E-state index < -0.39 is 20.2 Å². The summed E-state index contributed by atoms with van der Waals surface area (Å²) in [6.07, 6.45) is 0. The van der Waals surface area contributed by atoms with Crippen molar-refractivity contribution in [2.75, 3.05) is 0 Å². The average Bonchev–Trinajstić information content (AvgIpc) is 2.78. The highest BCUT2D eigenvalue weighted by Crippen LogP contribution is 2.34. The van der Waals surface area contributed by atoms with Gasteiger partial charge in [0.05, 0.1) is 33.1 Å². The topological polar surface area (TPSA) is 143 Å². The fraction of sp³-hybridized carbons (Fsp3) is 0. The summed E-state index contributed by atoms with van der Waals surface area (Å²) in [6.45, 7) is 0. The molecule has 3 aromatic carbocycles. The summed E-state index contributed by atoms with van der Waals surface area (Å²) in [5, 5.41) is 9.59. The first kappa shape index (κ1) is 22.6. The van der Waals surface area contributed by atoms with Crippen LogP contribution < -0.4 is 0 Å². The van der Waals surface area contributed by atoms with Gasteiger partial charge in [-0.15, -0.1) is 0 Å². The van der Waals surface area contributed by atoms with Crippen molar-refractivity contribution < 1.29 is 35.5 Å². The van der Waals surface area contributed by atoms with Crippen LogP contribution in [0.2, 0.25) is 0 Å². The maximum Gasteiger partial charge on any atom is 0.361 e. The largest absolute Gasteiger partial charge is 0.744 e. The molecule has 0 atom stereocenters. The van der Waals surface area contributed by atoms with Gasteiger partial charge in [0, 0.05) is 5.56 Å². The van der Waals surface area contributed by atoms with E-state index in [9.17, 15) is 31.0 Å². The van der Waals surface area contributed by atoms with Gasteiger partial charge in [0.2, 0.25) is 0 Å². The Labute approximate surface area is 189 Å². The van der Waals surface area contributed by atoms with Crippen molar-refractivity contribution in [3.63, 3.8) is 0 Å². The molecular formula is C23H16O8S2. The summed E-state index contributed by atoms with van der Waals surface area (Å²) in [7, 11) is -8.95. The van der Waals surface area contributed by atoms with Gasteiger partial charge in [-0.1, -0.05) is 12.1 Å². The van der Waals surface area contributed by atoms with Gasteiger partial charge in [0.15, 0.2) is 0 Å². The third kappa shape index (κ3) is 5.10. The molecule has 168 valence electrons. The van der Waals surface area contributed by atoms with Crippen LogP contribution >= 0.6 is 0 Å². The first-order chi connectivity index (χ1) is 15.5. The molecule has 4 rings (SSSR count). The molecule has 0 fully saturated rings. The lowest BCUT2D eigenvalue weighted by Crippen LogP contribution is -1.98. The number of aromatic hydroxyl groups is 1. The first-order valence-electron chi connectivity index (χ1n) is 9.42. The zero-order valence-corrected chi connectivity index (χ0v) is 18.4. The van der Waals surface area contributed by atoms with Gasteiger partial charge in [-0.2, -0.15) is 8.42 Å². The molecule has 0 aliphatic carbocycles. The Bertz CT molecular complexity index is 1430. The van der Waals surface area contributed by atoms with Gasteiger partial charge in [0.1, 0.15) is 15.9 Å². The summed E-state index contributed by atoms with van der Waals surface area (Å²) in [4.78, 5) is -0.641. The normalized spacial score (nSPS) is 11.9. The predicted octanol–water partition coefficient (Wildman–Crippen LogP) is 4.42. The van der Waals surface area contributed by atoms with Gasteiger partial charge in [-0.05, 0) is 66.2 Å². The minimum Gasteiger partial charge on any atom is -0.744 e. The van der Waals surface area contributed by atoms with E-state index in [2.05, 4.69) is 0 Å². The van der Waals surface area contributed by atoms with Crippen molar-refractivity contribution >= 4 is 20.2 Å². The van der Waals surface area contributed by atoms with Crippen LogP contribution in [0, 0.1) is 0 Å². The Morgan fingerprint density at radius 2 is 1.03 bits per heavy atom. The molecule has 1 heterocycles. The van der Waals surface area contributed by atoms with Crippen molar-refractivity contribution in [3.05, 3.63) is 84.9 Å². The highest BCUT2D eigenvalue weighted by atomic mass is 32.2. The molecule has 0 saturated heterocycles. The molecule has 0 saturated carbocycles. The molecule has 8 nitrogen and oxygen atoms in total. The van der Waals surface area contributed by atoms with Gasteiger partial charge < -0.3 is 9.66 Å². The Morgan fingerprint density at radius 1 is 0.606 bits per heavy atom. The number of hydrogen-bond acceptors (Lipinski definition) is 6. The van der Waals surface area contributed by atoms with E-state index in [-0.39, 0.29) is 15.5 Å². The van der Waals surface area contributed by atoms with Gasteiger partial charge in [-0.25, -0.2) is 12.8 Å². The smallest absolute Gasteiger partial charge is 0.361 e. The fourth-order valence-electron chi connectivity index (χ4n) is 3.18. The molecule has 0 aliphatic heterocycles. The second-order valence-electron chi connectivity index (χ2n) is 7.10. The molecule has 0 aliphatic rings. The molecule has 10 heteroatoms. The van der Waals surface area contributed by atoms with E-state index in [0.717, 1.165) is 5.56 Å². The van der Waals surface area contributed by atoms with Crippen LogP contribution in [0.4, 0.5) is 0 Å². The zero-order chi connectivity index (χ0) is 23.8. The number of rotatable bonds is 5. The van der Waals surface area contributed by atoms with Gasteiger partial charge in [0.25, 0.3) is 10.1 Å². The summed E-state index contributed by atoms with van der Waals surface area (Å²) in [5.41, 5.74) is 2.46. The molecule has 0 amide bonds. The van der Waals surface area contributed by atoms with Crippen LogP contribution in [0.25, 0.3) is 33.8 Å². The summed E-state index contributed by atoms with van der Waals surface area (Å²) in [6, 6.07) is 20.5. The number of benzene rings is 3. The van der Waals surface area contributed by atoms with Crippen molar-refractivity contribution in [1.29, 1.82) is 0 Å². The second kappa shape index (κ2) is 8.41. The van der Waals surface area contributed by atoms with Gasteiger partial charge in [-0.3, -0.25) is 4.55 Å². The van der Waals surface area contributed by atoms with E-state index in [1.165, 1.54) is 60.7 Å². The summed E-state index contributed by atoms with van der Waals surface area (Å²) < 4.78 is 71.5. The zero-order valence-electron chi connectivity index (χ0n) is 16.7. The lowest BCUT2D eigenvalue weighted by atomic mass is 10.0. The minimum atomic E-state index is -4.60. The van der Waals surface area contributed by atoms with Crippen LogP contribution in [-0.2, 0) is 20.2 Å². The number of phenols is 1. The van der Waals surface area contributed by atoms with E-state index >= 15 is 0 Å². The van der Waals surface area contributed by atoms with Crippen LogP contribution in [0.1, 0.15) is 0 Å². The Hall–Kier alpha value is -3.57. The molecule has 4 aromatic rings. The maximum absolute atomic E-state index is 11.3. The fourth-order valence-corrected chi connectivity index (χ4v) is 4.13. The second-order valence-corrected chi connectivity index (χ2v) is 9.90. The molecule has 0 radical (unpaired) electrons. The van der Waals surface area contributed by atoms with Gasteiger partial charge >= 0.3 is 11.5 Å². The average molecular weight is 485 g/mol. The van der Waals surface area contributed by atoms with Crippen LogP contribution in [0.5, 0.6) is 5.75 Å². The molecule has 0 unspecified atom stereocenters. The monoisotopic (exact) mass is 484 g/mol. The van der Waals surface area contributed by atoms with Crippen LogP contribution in [0.15, 0.2) is 99.1 Å². The third-order valence-electron chi connectivity index (χ3n) is 4.86. The third-order valence-corrected chi connectivity index (χ3v) is 6.58. The highest BCUT2D eigenvalue weighted by molar-refractivity contribution is 7.86. The molecule has 0 bridgehead atoms. The molecular weight excluding hydrogens is 468 g/mol. The molecule has 1 aromatic heterocycles. The molecule has 0 spiro atoms. The number of phenolic OH excluding ortho intramolecular Hbond substituents is 1. The molecule has 2 N–H and O–H groups in total. The lowest BCUT2D eigenvalue weighted by Gasteiger charge is -2.06. The van der Waals surface area contributed by atoms with E-state index in [1.54, 1.807) is 24.3 Å². The lowest BCUT2D eigenvalue weighted by molar-refractivity contribution is 0.462. The van der Waals surface area contributed by atoms with Crippen molar-refractivity contribution in [2.45, 2.75) is 9.79 Å². The van der Waals surface area contributed by atoms with Crippen molar-refractivity contribution in [3.8, 4) is 39.5 Å². The molecule has 33 heavy (non-hydrogen) atoms. The maximum atomic E-state index is 11.3. The number of hydrogen-bond donors (Lipinski definition) is 2. The Morgan fingerprint density at radius 3 is 1.45 bits per heavy atom. The SMILES string of the molecule is O=S(=O)([O-])c1ccc(-c2cc(-c3ccc(O)cc3)cc(-c3ccc(S(=O)(=O)O)cc3)[o+]2)cc1. The quantitative estimate of drug-likeness (QED) is 0.313. The van der Waals surface area contributed by atoms with Crippen molar-refractivity contribution in [1.82, 2.24) is 0 Å². The first-order valence-corrected chi connectivity index (χ1v) is 12.3.